The van der Waals surface area contributed by atoms with Crippen LogP contribution in [0.1, 0.15) is 60.9 Å². The number of carbonyl (C=O) groups excluding carboxylic acids is 2. The summed E-state index contributed by atoms with van der Waals surface area (Å²) in [6.07, 6.45) is 9.62. The van der Waals surface area contributed by atoms with Gasteiger partial charge in [0.15, 0.2) is 18.2 Å². The predicted molar refractivity (Wildman–Crippen MR) is 132 cm³/mol. The van der Waals surface area contributed by atoms with E-state index in [1.165, 1.54) is 0 Å². The number of carbonyl (C=O) groups is 2. The molecule has 3 rings (SSSR count). The molecular weight excluding hydrogens is 452 g/mol. The Morgan fingerprint density at radius 1 is 1.21 bits per heavy atom. The van der Waals surface area contributed by atoms with Crippen LogP contribution >= 0.6 is 11.6 Å². The first kappa shape index (κ1) is 26.3. The summed E-state index contributed by atoms with van der Waals surface area (Å²) in [6.45, 7) is 1.82. The zero-order valence-corrected chi connectivity index (χ0v) is 20.7. The molecule has 1 atom stereocenters. The monoisotopic (exact) mass is 487 g/mol. The lowest BCUT2D eigenvalue weighted by Gasteiger charge is -2.43. The van der Waals surface area contributed by atoms with Gasteiger partial charge in [0, 0.05) is 24.1 Å². The molecule has 3 N–H and O–H groups in total. The second-order valence-corrected chi connectivity index (χ2v) is 9.25. The molecule has 34 heavy (non-hydrogen) atoms. The van der Waals surface area contributed by atoms with Crippen molar-refractivity contribution >= 4 is 23.3 Å². The average molecular weight is 488 g/mol. The molecular formula is C26H36ClN4O3+. The lowest BCUT2D eigenvalue weighted by molar-refractivity contribution is -0.733. The van der Waals surface area contributed by atoms with Crippen molar-refractivity contribution in [2.75, 3.05) is 26.9 Å². The Labute approximate surface area is 207 Å². The minimum atomic E-state index is -0.785. The van der Waals surface area contributed by atoms with E-state index in [1.54, 1.807) is 12.3 Å². The molecule has 0 aliphatic heterocycles. The Bertz CT molecular complexity index is 971. The Kier molecular flexibility index (Phi) is 10.0. The number of benzene rings is 1. The highest BCUT2D eigenvalue weighted by molar-refractivity contribution is 6.31. The van der Waals surface area contributed by atoms with Crippen molar-refractivity contribution in [1.82, 2.24) is 10.2 Å². The standard InChI is InChI=1S/C26H35ClN4O3/c1-30(26(14-6-5-13-24(26)32)22-11-3-4-12-23(22)27)19-34-20-31-17-9-10-21(18-31)25(33)29-16-8-2-7-15-28/h3-4,9-12,17-18H,2,5-8,13-16,19-20,28H2,1H3/p+1. The van der Waals surface area contributed by atoms with Gasteiger partial charge in [0.25, 0.3) is 12.6 Å². The number of rotatable bonds is 12. The molecule has 0 bridgehead atoms. The van der Waals surface area contributed by atoms with Crippen molar-refractivity contribution in [2.24, 2.45) is 5.73 Å². The summed E-state index contributed by atoms with van der Waals surface area (Å²) in [5, 5.41) is 3.54. The summed E-state index contributed by atoms with van der Waals surface area (Å²) in [5.74, 6) is 0.0698. The number of hydrogen-bond acceptors (Lipinski definition) is 5. The number of ether oxygens (including phenoxy) is 1. The topological polar surface area (TPSA) is 88.5 Å². The third-order valence-electron chi connectivity index (χ3n) is 6.44. The predicted octanol–water partition coefficient (Wildman–Crippen LogP) is 3.39. The molecule has 1 unspecified atom stereocenters. The third-order valence-corrected chi connectivity index (χ3v) is 6.77. The van der Waals surface area contributed by atoms with Crippen molar-refractivity contribution < 1.29 is 18.9 Å². The molecule has 0 spiro atoms. The number of Topliss-reactive ketones (excluding diaryl/α,β-unsaturated/α-hetero) is 1. The summed E-state index contributed by atoms with van der Waals surface area (Å²) in [6, 6.07) is 11.2. The summed E-state index contributed by atoms with van der Waals surface area (Å²) >= 11 is 6.53. The van der Waals surface area contributed by atoms with Crippen molar-refractivity contribution in [3.05, 3.63) is 64.9 Å². The van der Waals surface area contributed by atoms with Crippen molar-refractivity contribution in [1.29, 1.82) is 0 Å². The number of likely N-dealkylation sites (N-methyl/N-ethyl adjacent to an activating group) is 1. The summed E-state index contributed by atoms with van der Waals surface area (Å²) in [4.78, 5) is 27.6. The number of halogens is 1. The summed E-state index contributed by atoms with van der Waals surface area (Å²) < 4.78 is 7.80. The fourth-order valence-corrected chi connectivity index (χ4v) is 4.88. The lowest BCUT2D eigenvalue weighted by Crippen LogP contribution is -2.53. The third kappa shape index (κ3) is 6.42. The number of ketones is 1. The Morgan fingerprint density at radius 3 is 2.79 bits per heavy atom. The van der Waals surface area contributed by atoms with Crippen LogP contribution < -0.4 is 15.6 Å². The number of aromatic nitrogens is 1. The smallest absolute Gasteiger partial charge is 0.257 e. The number of nitrogens with one attached hydrogen (secondary N) is 1. The quantitative estimate of drug-likeness (QED) is 0.272. The van der Waals surface area contributed by atoms with E-state index in [2.05, 4.69) is 5.32 Å². The first-order valence-electron chi connectivity index (χ1n) is 12.0. The molecule has 1 aromatic heterocycles. The summed E-state index contributed by atoms with van der Waals surface area (Å²) in [5.41, 5.74) is 6.13. The van der Waals surface area contributed by atoms with Gasteiger partial charge in [-0.2, -0.15) is 4.57 Å². The maximum absolute atomic E-state index is 13.2. The van der Waals surface area contributed by atoms with Gasteiger partial charge in [0.2, 0.25) is 0 Å². The molecule has 0 saturated heterocycles. The molecule has 1 amide bonds. The average Bonchev–Trinajstić information content (AvgIpc) is 2.85. The molecule has 7 nitrogen and oxygen atoms in total. The Balaban J connectivity index is 1.61. The zero-order chi connectivity index (χ0) is 24.4. The van der Waals surface area contributed by atoms with Gasteiger partial charge in [-0.25, -0.2) is 0 Å². The van der Waals surface area contributed by atoms with Crippen LogP contribution in [0, 0.1) is 0 Å². The van der Waals surface area contributed by atoms with Crippen LogP contribution in [-0.2, 0) is 21.8 Å². The maximum Gasteiger partial charge on any atom is 0.257 e. The van der Waals surface area contributed by atoms with E-state index in [4.69, 9.17) is 22.1 Å². The van der Waals surface area contributed by atoms with Gasteiger partial charge in [0.05, 0.1) is 0 Å². The van der Waals surface area contributed by atoms with E-state index in [9.17, 15) is 9.59 Å². The SMILES string of the molecule is CN(COC[n+]1cccc(C(=O)NCCCCCN)c1)C1(c2ccccc2Cl)CCCCC1=O. The van der Waals surface area contributed by atoms with Gasteiger partial charge in [-0.3, -0.25) is 14.5 Å². The van der Waals surface area contributed by atoms with Crippen LogP contribution in [0.25, 0.3) is 0 Å². The van der Waals surface area contributed by atoms with E-state index in [0.29, 0.717) is 36.5 Å². The molecule has 1 aliphatic carbocycles. The number of hydrogen-bond donors (Lipinski definition) is 2. The van der Waals surface area contributed by atoms with E-state index in [-0.39, 0.29) is 25.2 Å². The van der Waals surface area contributed by atoms with Gasteiger partial charge in [-0.15, -0.1) is 0 Å². The highest BCUT2D eigenvalue weighted by atomic mass is 35.5. The van der Waals surface area contributed by atoms with E-state index in [0.717, 1.165) is 37.7 Å². The maximum atomic E-state index is 13.2. The molecule has 8 heteroatoms. The van der Waals surface area contributed by atoms with Crippen molar-refractivity contribution in [2.45, 2.75) is 57.2 Å². The van der Waals surface area contributed by atoms with E-state index < -0.39 is 5.54 Å². The number of pyridine rings is 1. The van der Waals surface area contributed by atoms with Crippen molar-refractivity contribution in [3.63, 3.8) is 0 Å². The first-order valence-corrected chi connectivity index (χ1v) is 12.4. The van der Waals surface area contributed by atoms with Crippen LogP contribution in [0.3, 0.4) is 0 Å². The molecule has 0 radical (unpaired) electrons. The summed E-state index contributed by atoms with van der Waals surface area (Å²) in [7, 11) is 1.91. The van der Waals surface area contributed by atoms with E-state index in [1.807, 2.05) is 53.0 Å². The van der Waals surface area contributed by atoms with Crippen LogP contribution in [-0.4, -0.2) is 43.5 Å². The number of unbranched alkanes of at least 4 members (excludes halogenated alkanes) is 2. The zero-order valence-electron chi connectivity index (χ0n) is 20.0. The molecule has 1 aliphatic rings. The Morgan fingerprint density at radius 2 is 2.03 bits per heavy atom. The van der Waals surface area contributed by atoms with Gasteiger partial charge in [0.1, 0.15) is 17.8 Å². The largest absolute Gasteiger partial charge is 0.352 e. The van der Waals surface area contributed by atoms with Gasteiger partial charge in [-0.1, -0.05) is 42.6 Å². The second kappa shape index (κ2) is 13.0. The van der Waals surface area contributed by atoms with Gasteiger partial charge >= 0.3 is 0 Å². The highest BCUT2D eigenvalue weighted by Gasteiger charge is 2.46. The number of nitrogens with two attached hydrogens (primary N) is 1. The number of nitrogens with zero attached hydrogens (tertiary/aromatic N) is 2. The van der Waals surface area contributed by atoms with Gasteiger partial charge < -0.3 is 15.8 Å². The molecule has 1 saturated carbocycles. The van der Waals surface area contributed by atoms with Crippen LogP contribution in [0.15, 0.2) is 48.8 Å². The minimum absolute atomic E-state index is 0.107. The van der Waals surface area contributed by atoms with Crippen molar-refractivity contribution in [3.8, 4) is 0 Å². The molecule has 1 aromatic carbocycles. The number of amides is 1. The van der Waals surface area contributed by atoms with Gasteiger partial charge in [-0.05, 0) is 57.0 Å². The second-order valence-electron chi connectivity index (χ2n) is 8.84. The fourth-order valence-electron chi connectivity index (χ4n) is 4.58. The first-order chi connectivity index (χ1) is 16.5. The van der Waals surface area contributed by atoms with Crippen LogP contribution in [0.4, 0.5) is 0 Å². The van der Waals surface area contributed by atoms with E-state index >= 15 is 0 Å². The molecule has 1 fully saturated rings. The molecule has 1 heterocycles. The normalized spacial score (nSPS) is 18.3. The lowest BCUT2D eigenvalue weighted by atomic mass is 9.74. The van der Waals surface area contributed by atoms with Crippen LogP contribution in [0.2, 0.25) is 5.02 Å². The fraction of sp³-hybridized carbons (Fsp3) is 0.500. The van der Waals surface area contributed by atoms with Crippen LogP contribution in [0.5, 0.6) is 0 Å². The highest BCUT2D eigenvalue weighted by Crippen LogP contribution is 2.42. The molecule has 2 aromatic rings. The minimum Gasteiger partial charge on any atom is -0.352 e. The Hall–Kier alpha value is -2.32. The molecule has 184 valence electrons.